The number of rotatable bonds is 7. The van der Waals surface area contributed by atoms with Gasteiger partial charge in [0.2, 0.25) is 0 Å². The molecular weight excluding hydrogens is 272 g/mol. The molecule has 1 aromatic carbocycles. The number of aromatic nitrogens is 2. The first-order valence-electron chi connectivity index (χ1n) is 7.22. The Balaban J connectivity index is 2.07. The molecule has 0 fully saturated rings. The minimum atomic E-state index is 0.431. The molecule has 0 bridgehead atoms. The van der Waals surface area contributed by atoms with Gasteiger partial charge in [-0.1, -0.05) is 26.0 Å². The Morgan fingerprint density at radius 3 is 2.80 bits per heavy atom. The Labute approximate surface area is 125 Å². The number of halogens is 1. The van der Waals surface area contributed by atoms with E-state index in [1.54, 1.807) is 0 Å². The lowest BCUT2D eigenvalue weighted by Gasteiger charge is -2.09. The van der Waals surface area contributed by atoms with Crippen LogP contribution in [0.1, 0.15) is 31.7 Å². The predicted molar refractivity (Wildman–Crippen MR) is 84.3 cm³/mol. The van der Waals surface area contributed by atoms with E-state index in [-0.39, 0.29) is 0 Å². The predicted octanol–water partition coefficient (Wildman–Crippen LogP) is 4.15. The standard InChI is InChI=1S/C16H23ClN2O/c1-12(2)7-9-20-10-8-19-14-6-4-5-13(3)16(14)18-15(19)11-17/h4-6,12H,7-11H2,1-3H3. The lowest BCUT2D eigenvalue weighted by molar-refractivity contribution is 0.116. The van der Waals surface area contributed by atoms with Crippen molar-refractivity contribution < 1.29 is 4.74 Å². The molecule has 2 aromatic rings. The van der Waals surface area contributed by atoms with Gasteiger partial charge in [0.1, 0.15) is 5.82 Å². The van der Waals surface area contributed by atoms with Crippen LogP contribution in [0.2, 0.25) is 0 Å². The van der Waals surface area contributed by atoms with Gasteiger partial charge in [0.15, 0.2) is 0 Å². The molecule has 110 valence electrons. The number of para-hydroxylation sites is 1. The number of benzene rings is 1. The van der Waals surface area contributed by atoms with Crippen molar-refractivity contribution in [3.8, 4) is 0 Å². The zero-order valence-corrected chi connectivity index (χ0v) is 13.3. The lowest BCUT2D eigenvalue weighted by atomic mass is 10.1. The maximum absolute atomic E-state index is 6.01. The van der Waals surface area contributed by atoms with Crippen LogP contribution in [0.4, 0.5) is 0 Å². The number of nitrogens with zero attached hydrogens (tertiary/aromatic N) is 2. The van der Waals surface area contributed by atoms with Gasteiger partial charge in [0.05, 0.1) is 23.5 Å². The second-order valence-corrected chi connectivity index (χ2v) is 5.82. The van der Waals surface area contributed by atoms with Gasteiger partial charge in [0, 0.05) is 13.2 Å². The molecule has 1 aromatic heterocycles. The average molecular weight is 295 g/mol. The molecule has 0 N–H and O–H groups in total. The Morgan fingerprint density at radius 1 is 1.30 bits per heavy atom. The highest BCUT2D eigenvalue weighted by Crippen LogP contribution is 2.20. The number of alkyl halides is 1. The first-order chi connectivity index (χ1) is 9.63. The van der Waals surface area contributed by atoms with Gasteiger partial charge in [-0.15, -0.1) is 11.6 Å². The van der Waals surface area contributed by atoms with E-state index in [4.69, 9.17) is 16.3 Å². The minimum Gasteiger partial charge on any atom is -0.380 e. The van der Waals surface area contributed by atoms with Gasteiger partial charge in [-0.2, -0.15) is 0 Å². The van der Waals surface area contributed by atoms with E-state index in [1.807, 2.05) is 0 Å². The van der Waals surface area contributed by atoms with E-state index >= 15 is 0 Å². The van der Waals surface area contributed by atoms with Crippen LogP contribution in [-0.2, 0) is 17.2 Å². The number of hydrogen-bond acceptors (Lipinski definition) is 2. The van der Waals surface area contributed by atoms with Crippen molar-refractivity contribution in [1.29, 1.82) is 0 Å². The highest BCUT2D eigenvalue weighted by Gasteiger charge is 2.11. The summed E-state index contributed by atoms with van der Waals surface area (Å²) >= 11 is 6.01. The number of imidazole rings is 1. The van der Waals surface area contributed by atoms with Crippen molar-refractivity contribution in [2.75, 3.05) is 13.2 Å². The quantitative estimate of drug-likeness (QED) is 0.567. The number of ether oxygens (including phenoxy) is 1. The lowest BCUT2D eigenvalue weighted by Crippen LogP contribution is -2.10. The molecule has 0 amide bonds. The highest BCUT2D eigenvalue weighted by atomic mass is 35.5. The molecule has 3 nitrogen and oxygen atoms in total. The number of fused-ring (bicyclic) bond motifs is 1. The molecule has 20 heavy (non-hydrogen) atoms. The molecule has 2 rings (SSSR count). The topological polar surface area (TPSA) is 27.1 Å². The zero-order chi connectivity index (χ0) is 14.5. The van der Waals surface area contributed by atoms with Crippen LogP contribution in [0.5, 0.6) is 0 Å². The SMILES string of the molecule is Cc1cccc2c1nc(CCl)n2CCOCCC(C)C. The zero-order valence-electron chi connectivity index (χ0n) is 12.5. The van der Waals surface area contributed by atoms with E-state index < -0.39 is 0 Å². The molecule has 0 radical (unpaired) electrons. The fourth-order valence-electron chi connectivity index (χ4n) is 2.26. The van der Waals surface area contributed by atoms with E-state index in [0.29, 0.717) is 18.4 Å². The Bertz CT molecular complexity index is 563. The molecule has 0 aliphatic rings. The van der Waals surface area contributed by atoms with Gasteiger partial charge in [0.25, 0.3) is 0 Å². The average Bonchev–Trinajstić information content (AvgIpc) is 2.78. The van der Waals surface area contributed by atoms with Crippen LogP contribution in [0, 0.1) is 12.8 Å². The molecule has 0 saturated heterocycles. The van der Waals surface area contributed by atoms with Crippen molar-refractivity contribution in [3.63, 3.8) is 0 Å². The van der Waals surface area contributed by atoms with Crippen LogP contribution in [0.15, 0.2) is 18.2 Å². The molecule has 0 aliphatic carbocycles. The summed E-state index contributed by atoms with van der Waals surface area (Å²) in [6, 6.07) is 6.24. The fourth-order valence-corrected chi connectivity index (χ4v) is 2.47. The monoisotopic (exact) mass is 294 g/mol. The van der Waals surface area contributed by atoms with Crippen LogP contribution < -0.4 is 0 Å². The minimum absolute atomic E-state index is 0.431. The van der Waals surface area contributed by atoms with Crippen LogP contribution in [-0.4, -0.2) is 22.8 Å². The molecule has 0 saturated carbocycles. The maximum Gasteiger partial charge on any atom is 0.124 e. The van der Waals surface area contributed by atoms with Gasteiger partial charge < -0.3 is 9.30 Å². The Morgan fingerprint density at radius 2 is 2.10 bits per heavy atom. The van der Waals surface area contributed by atoms with Crippen molar-refractivity contribution in [2.24, 2.45) is 5.92 Å². The second kappa shape index (κ2) is 7.09. The molecule has 0 aliphatic heterocycles. The van der Waals surface area contributed by atoms with Crippen molar-refractivity contribution in [2.45, 2.75) is 39.6 Å². The largest absolute Gasteiger partial charge is 0.380 e. The van der Waals surface area contributed by atoms with Crippen molar-refractivity contribution in [1.82, 2.24) is 9.55 Å². The third kappa shape index (κ3) is 3.53. The molecular formula is C16H23ClN2O. The normalized spacial score (nSPS) is 11.7. The van der Waals surface area contributed by atoms with E-state index in [1.165, 1.54) is 5.56 Å². The first-order valence-corrected chi connectivity index (χ1v) is 7.75. The number of hydrogen-bond donors (Lipinski definition) is 0. The third-order valence-electron chi connectivity index (χ3n) is 3.48. The highest BCUT2D eigenvalue weighted by molar-refractivity contribution is 6.16. The third-order valence-corrected chi connectivity index (χ3v) is 3.72. The summed E-state index contributed by atoms with van der Waals surface area (Å²) in [6.45, 7) is 8.83. The van der Waals surface area contributed by atoms with E-state index in [2.05, 4.69) is 48.5 Å². The molecule has 0 unspecified atom stereocenters. The summed E-state index contributed by atoms with van der Waals surface area (Å²) in [5, 5.41) is 0. The Hall–Kier alpha value is -1.06. The van der Waals surface area contributed by atoms with Crippen LogP contribution in [0.25, 0.3) is 11.0 Å². The summed E-state index contributed by atoms with van der Waals surface area (Å²) < 4.78 is 7.88. The number of aryl methyl sites for hydroxylation is 1. The van der Waals surface area contributed by atoms with Crippen molar-refractivity contribution >= 4 is 22.6 Å². The molecule has 4 heteroatoms. The van der Waals surface area contributed by atoms with Gasteiger partial charge >= 0.3 is 0 Å². The summed E-state index contributed by atoms with van der Waals surface area (Å²) in [6.07, 6.45) is 1.10. The molecule has 0 atom stereocenters. The summed E-state index contributed by atoms with van der Waals surface area (Å²) in [4.78, 5) is 4.63. The van der Waals surface area contributed by atoms with Gasteiger partial charge in [-0.05, 0) is 30.9 Å². The second-order valence-electron chi connectivity index (χ2n) is 5.55. The van der Waals surface area contributed by atoms with Crippen LogP contribution >= 0.6 is 11.6 Å². The van der Waals surface area contributed by atoms with Crippen molar-refractivity contribution in [3.05, 3.63) is 29.6 Å². The van der Waals surface area contributed by atoms with Crippen LogP contribution in [0.3, 0.4) is 0 Å². The first kappa shape index (κ1) is 15.3. The van der Waals surface area contributed by atoms with Gasteiger partial charge in [-0.3, -0.25) is 0 Å². The molecule has 1 heterocycles. The van der Waals surface area contributed by atoms with E-state index in [0.717, 1.165) is 36.4 Å². The van der Waals surface area contributed by atoms with E-state index in [9.17, 15) is 0 Å². The molecule has 0 spiro atoms. The smallest absolute Gasteiger partial charge is 0.124 e. The fraction of sp³-hybridized carbons (Fsp3) is 0.562. The summed E-state index contributed by atoms with van der Waals surface area (Å²) in [5.74, 6) is 2.04. The summed E-state index contributed by atoms with van der Waals surface area (Å²) in [5.41, 5.74) is 3.38. The maximum atomic E-state index is 6.01. The summed E-state index contributed by atoms with van der Waals surface area (Å²) in [7, 11) is 0. The van der Waals surface area contributed by atoms with Gasteiger partial charge in [-0.25, -0.2) is 4.98 Å². The Kier molecular flexibility index (Phi) is 5.44.